The maximum absolute atomic E-state index is 2.18. The Balaban J connectivity index is 2.18. The van der Waals surface area contributed by atoms with Gasteiger partial charge < -0.3 is 0 Å². The van der Waals surface area contributed by atoms with E-state index in [2.05, 4.69) is 72.8 Å². The highest BCUT2D eigenvalue weighted by molar-refractivity contribution is 5.85. The number of hydrogen-bond acceptors (Lipinski definition) is 0. The Hall–Kier alpha value is -2.08. The molecule has 0 heterocycles. The molecule has 0 N–H and O–H groups in total. The summed E-state index contributed by atoms with van der Waals surface area (Å²) in [5, 5.41) is 0. The molecule has 3 rings (SSSR count). The van der Waals surface area contributed by atoms with Crippen LogP contribution in [0, 0.1) is 0 Å². The Labute approximate surface area is 95.6 Å². The summed E-state index contributed by atoms with van der Waals surface area (Å²) in [7, 11) is 0. The van der Waals surface area contributed by atoms with E-state index in [1.54, 1.807) is 0 Å². The molecule has 0 aliphatic heterocycles. The highest BCUT2D eigenvalue weighted by Gasteiger charge is 2.00. The Morgan fingerprint density at radius 1 is 0.375 bits per heavy atom. The average molecular weight is 204 g/mol. The average Bonchev–Trinajstić information content (AvgIpc) is 2.32. The van der Waals surface area contributed by atoms with Gasteiger partial charge in [-0.2, -0.15) is 0 Å². The SMILES string of the molecule is C1=C\c2ccccc2/C=C\c2ccccc2/1. The maximum atomic E-state index is 2.18. The summed E-state index contributed by atoms with van der Waals surface area (Å²) in [4.78, 5) is 0. The molecule has 0 bridgehead atoms. The van der Waals surface area contributed by atoms with E-state index in [9.17, 15) is 0 Å². The molecule has 0 aromatic heterocycles. The van der Waals surface area contributed by atoms with Gasteiger partial charge in [-0.1, -0.05) is 72.8 Å². The molecule has 0 saturated heterocycles. The fourth-order valence-electron chi connectivity index (χ4n) is 1.99. The van der Waals surface area contributed by atoms with E-state index in [1.807, 2.05) is 0 Å². The second kappa shape index (κ2) is 3.82. The summed E-state index contributed by atoms with van der Waals surface area (Å²) < 4.78 is 0. The third kappa shape index (κ3) is 1.59. The van der Waals surface area contributed by atoms with Crippen molar-refractivity contribution >= 4 is 24.3 Å². The monoisotopic (exact) mass is 204 g/mol. The quantitative estimate of drug-likeness (QED) is 0.511. The fraction of sp³-hybridized carbons (Fsp3) is 0. The van der Waals surface area contributed by atoms with Gasteiger partial charge in [-0.3, -0.25) is 0 Å². The lowest BCUT2D eigenvalue weighted by Gasteiger charge is -2.06. The summed E-state index contributed by atoms with van der Waals surface area (Å²) in [5.41, 5.74) is 5.09. The van der Waals surface area contributed by atoms with E-state index in [-0.39, 0.29) is 0 Å². The summed E-state index contributed by atoms with van der Waals surface area (Å²) in [5.74, 6) is 0. The smallest absolute Gasteiger partial charge is 0.0184 e. The van der Waals surface area contributed by atoms with Crippen LogP contribution in [0.5, 0.6) is 0 Å². The molecule has 0 unspecified atom stereocenters. The van der Waals surface area contributed by atoms with E-state index in [0.29, 0.717) is 0 Å². The highest BCUT2D eigenvalue weighted by Crippen LogP contribution is 2.22. The first-order chi connectivity index (χ1) is 7.93. The van der Waals surface area contributed by atoms with Crippen LogP contribution in [0.3, 0.4) is 0 Å². The lowest BCUT2D eigenvalue weighted by Crippen LogP contribution is -1.85. The van der Waals surface area contributed by atoms with Gasteiger partial charge in [-0.25, -0.2) is 0 Å². The number of hydrogen-bond donors (Lipinski definition) is 0. The van der Waals surface area contributed by atoms with Crippen LogP contribution in [-0.2, 0) is 0 Å². The van der Waals surface area contributed by atoms with Crippen LogP contribution in [0.1, 0.15) is 22.3 Å². The van der Waals surface area contributed by atoms with Crippen molar-refractivity contribution in [3.05, 3.63) is 70.8 Å². The Kier molecular flexibility index (Phi) is 2.19. The van der Waals surface area contributed by atoms with Gasteiger partial charge in [0.25, 0.3) is 0 Å². The van der Waals surface area contributed by atoms with E-state index in [1.165, 1.54) is 22.3 Å². The molecule has 2 aromatic rings. The topological polar surface area (TPSA) is 0 Å². The van der Waals surface area contributed by atoms with Crippen LogP contribution in [0.4, 0.5) is 0 Å². The Morgan fingerprint density at radius 3 is 0.875 bits per heavy atom. The van der Waals surface area contributed by atoms with E-state index >= 15 is 0 Å². The van der Waals surface area contributed by atoms with Crippen molar-refractivity contribution < 1.29 is 0 Å². The normalized spacial score (nSPS) is 16.5. The molecule has 0 spiro atoms. The molecule has 0 saturated carbocycles. The largest absolute Gasteiger partial charge is 0.0616 e. The van der Waals surface area contributed by atoms with Gasteiger partial charge in [0.15, 0.2) is 0 Å². The van der Waals surface area contributed by atoms with Crippen molar-refractivity contribution in [2.24, 2.45) is 0 Å². The first-order valence-electron chi connectivity index (χ1n) is 5.48. The first-order valence-corrected chi connectivity index (χ1v) is 5.48. The van der Waals surface area contributed by atoms with Crippen LogP contribution in [0.2, 0.25) is 0 Å². The first kappa shape index (κ1) is 9.17. The van der Waals surface area contributed by atoms with Gasteiger partial charge in [-0.15, -0.1) is 0 Å². The molecular weight excluding hydrogens is 192 g/mol. The molecule has 0 heteroatoms. The van der Waals surface area contributed by atoms with Gasteiger partial charge in [0.1, 0.15) is 0 Å². The Bertz CT molecular complexity index is 471. The predicted molar refractivity (Wildman–Crippen MR) is 70.7 cm³/mol. The van der Waals surface area contributed by atoms with Crippen molar-refractivity contribution in [2.45, 2.75) is 0 Å². The van der Waals surface area contributed by atoms with Crippen LogP contribution >= 0.6 is 0 Å². The van der Waals surface area contributed by atoms with Crippen molar-refractivity contribution in [1.82, 2.24) is 0 Å². The van der Waals surface area contributed by atoms with Gasteiger partial charge in [0.05, 0.1) is 0 Å². The summed E-state index contributed by atoms with van der Waals surface area (Å²) >= 11 is 0. The molecule has 1 aliphatic rings. The van der Waals surface area contributed by atoms with Crippen molar-refractivity contribution in [3.8, 4) is 0 Å². The lowest BCUT2D eigenvalue weighted by atomic mass is 9.99. The highest BCUT2D eigenvalue weighted by atomic mass is 14.0. The standard InChI is InChI=1S/C16H12/c1-2-6-14-11-12-16-8-4-3-7-15(16)10-9-13(14)5-1/h1-12H/b10-9-,12-11-,13-9?,14-11?,15-10?,16-12?. The van der Waals surface area contributed by atoms with Gasteiger partial charge in [0, 0.05) is 0 Å². The maximum Gasteiger partial charge on any atom is -0.0184 e. The molecule has 76 valence electrons. The fourth-order valence-corrected chi connectivity index (χ4v) is 1.99. The number of benzene rings is 2. The second-order valence-corrected chi connectivity index (χ2v) is 3.92. The number of rotatable bonds is 0. The molecule has 0 atom stereocenters. The summed E-state index contributed by atoms with van der Waals surface area (Å²) in [6.45, 7) is 0. The van der Waals surface area contributed by atoms with Gasteiger partial charge in [-0.05, 0) is 22.3 Å². The summed E-state index contributed by atoms with van der Waals surface area (Å²) in [6, 6.07) is 16.9. The van der Waals surface area contributed by atoms with Crippen LogP contribution < -0.4 is 0 Å². The van der Waals surface area contributed by atoms with Crippen molar-refractivity contribution in [3.63, 3.8) is 0 Å². The lowest BCUT2D eigenvalue weighted by molar-refractivity contribution is 1.58. The zero-order valence-corrected chi connectivity index (χ0v) is 8.93. The molecule has 0 fully saturated rings. The predicted octanol–water partition coefficient (Wildman–Crippen LogP) is 4.34. The second-order valence-electron chi connectivity index (χ2n) is 3.92. The van der Waals surface area contributed by atoms with Crippen LogP contribution in [0.25, 0.3) is 24.3 Å². The minimum absolute atomic E-state index is 1.27. The molecule has 16 heavy (non-hydrogen) atoms. The van der Waals surface area contributed by atoms with Gasteiger partial charge >= 0.3 is 0 Å². The molecule has 1 aliphatic carbocycles. The zero-order chi connectivity index (χ0) is 10.8. The van der Waals surface area contributed by atoms with Gasteiger partial charge in [0.2, 0.25) is 0 Å². The molecule has 0 amide bonds. The van der Waals surface area contributed by atoms with Crippen molar-refractivity contribution in [1.29, 1.82) is 0 Å². The molecule has 0 nitrogen and oxygen atoms in total. The molecule has 0 radical (unpaired) electrons. The third-order valence-electron chi connectivity index (χ3n) is 2.88. The minimum Gasteiger partial charge on any atom is -0.0616 e. The molecular formula is C16H12. The number of fused-ring (bicyclic) bond motifs is 2. The minimum atomic E-state index is 1.27. The van der Waals surface area contributed by atoms with E-state index in [0.717, 1.165) is 0 Å². The van der Waals surface area contributed by atoms with Crippen LogP contribution in [0.15, 0.2) is 48.5 Å². The third-order valence-corrected chi connectivity index (χ3v) is 2.88. The van der Waals surface area contributed by atoms with E-state index in [4.69, 9.17) is 0 Å². The van der Waals surface area contributed by atoms with Crippen molar-refractivity contribution in [2.75, 3.05) is 0 Å². The van der Waals surface area contributed by atoms with Crippen LogP contribution in [-0.4, -0.2) is 0 Å². The Morgan fingerprint density at radius 2 is 0.625 bits per heavy atom. The van der Waals surface area contributed by atoms with E-state index < -0.39 is 0 Å². The summed E-state index contributed by atoms with van der Waals surface area (Å²) in [6.07, 6.45) is 8.71. The molecule has 2 aromatic carbocycles. The zero-order valence-electron chi connectivity index (χ0n) is 8.93.